The summed E-state index contributed by atoms with van der Waals surface area (Å²) < 4.78 is 1.05. The number of oxime groups is 1. The average Bonchev–Trinajstić information content (AvgIpc) is 3.74. The quantitative estimate of drug-likeness (QED) is 0.0541. The van der Waals surface area contributed by atoms with Crippen molar-refractivity contribution in [3.63, 3.8) is 0 Å². The highest BCUT2D eigenvalue weighted by Gasteiger charge is 2.57. The van der Waals surface area contributed by atoms with E-state index in [0.717, 1.165) is 34.2 Å². The number of amides is 3. The number of thioether (sulfide) groups is 2. The summed E-state index contributed by atoms with van der Waals surface area (Å²) in [6.45, 7) is -0.606. The maximum atomic E-state index is 13.3. The van der Waals surface area contributed by atoms with Crippen molar-refractivity contribution < 1.29 is 39.0 Å². The Kier molecular flexibility index (Phi) is 8.73. The van der Waals surface area contributed by atoms with Crippen molar-refractivity contribution in [3.05, 3.63) is 23.2 Å². The highest BCUT2D eigenvalue weighted by atomic mass is 32.2. The van der Waals surface area contributed by atoms with E-state index in [2.05, 4.69) is 36.3 Å². The lowest BCUT2D eigenvalue weighted by molar-refractivity contribution is -0.157. The number of nitrogens with zero attached hydrogens (tertiary/aromatic N) is 7. The van der Waals surface area contributed by atoms with Gasteiger partial charge in [-0.15, -0.1) is 28.2 Å². The molecular formula is C22H23N9O8S3. The molecule has 0 bridgehead atoms. The molecule has 2 saturated heterocycles. The molecule has 2 aliphatic heterocycles. The van der Waals surface area contributed by atoms with Crippen molar-refractivity contribution in [1.82, 2.24) is 35.4 Å². The van der Waals surface area contributed by atoms with Crippen LogP contribution >= 0.6 is 34.9 Å². The Balaban J connectivity index is 1.26. The van der Waals surface area contributed by atoms with E-state index in [9.17, 15) is 29.1 Å². The summed E-state index contributed by atoms with van der Waals surface area (Å²) in [5.74, 6) is -3.37. The molecule has 4 N–H and O–H groups in total. The number of rotatable bonds is 13. The Morgan fingerprint density at radius 1 is 1.33 bits per heavy atom. The molecule has 0 radical (unpaired) electrons. The number of β-lactam (4-membered cyclic amide) rings is 1. The number of carbonyl (C=O) groups is 5. The molecule has 2 fully saturated rings. The Hall–Kier alpha value is -4.04. The zero-order valence-electron chi connectivity index (χ0n) is 21.5. The number of hydrogen-bond acceptors (Lipinski definition) is 14. The van der Waals surface area contributed by atoms with E-state index in [1.54, 1.807) is 0 Å². The fourth-order valence-electron chi connectivity index (χ4n) is 4.36. The lowest BCUT2D eigenvalue weighted by Crippen LogP contribution is -2.74. The number of allylic oxidation sites excluding steroid dienone is 1. The third-order valence-electron chi connectivity index (χ3n) is 6.54. The summed E-state index contributed by atoms with van der Waals surface area (Å²) in [4.78, 5) is 71.7. The first-order chi connectivity index (χ1) is 20.2. The molecule has 0 spiro atoms. The number of carboxylic acids is 2. The zero-order chi connectivity index (χ0) is 29.9. The SMILES string of the molecule is O=CNc1nc(C(=NOC2C=CCC2)C(=O)NC2C(=O)N3CC(CSc4nnnn4CC(=O)O)(C(=O)O)CS[C@H]23)cs1. The second-order valence-corrected chi connectivity index (χ2v) is 12.3. The minimum absolute atomic E-state index is 0.0202. The molecule has 3 aliphatic rings. The smallest absolute Gasteiger partial charge is 0.325 e. The molecule has 2 aromatic rings. The van der Waals surface area contributed by atoms with Gasteiger partial charge in [0.1, 0.15) is 35.2 Å². The first kappa shape index (κ1) is 29.5. The molecule has 4 atom stereocenters. The topological polar surface area (TPSA) is 231 Å². The largest absolute Gasteiger partial charge is 0.481 e. The van der Waals surface area contributed by atoms with Gasteiger partial charge in [-0.05, 0) is 29.3 Å². The number of thiazole rings is 1. The highest BCUT2D eigenvalue weighted by molar-refractivity contribution is 8.00. The maximum Gasteiger partial charge on any atom is 0.325 e. The monoisotopic (exact) mass is 637 g/mol. The first-order valence-corrected chi connectivity index (χ1v) is 15.3. The highest BCUT2D eigenvalue weighted by Crippen LogP contribution is 2.44. The van der Waals surface area contributed by atoms with Crippen LogP contribution in [0, 0.1) is 5.41 Å². The molecular weight excluding hydrogens is 614 g/mol. The van der Waals surface area contributed by atoms with Crippen molar-refractivity contribution in [2.24, 2.45) is 10.6 Å². The van der Waals surface area contributed by atoms with Gasteiger partial charge < -0.3 is 30.6 Å². The average molecular weight is 638 g/mol. The van der Waals surface area contributed by atoms with Crippen LogP contribution in [0.25, 0.3) is 0 Å². The standard InChI is InChI=1S/C22H23N9O8S3/c32-10-23-20-24-12(6-40-20)14(27-39-11-3-1-2-4-11)16(35)25-15-17(36)30-7-22(19(37)38,8-41-18(15)30)9-42-21-26-28-29-31(21)5-13(33)34/h1,3,6,10-11,15,18H,2,4-5,7-9H2,(H,25,35)(H,33,34)(H,37,38)(H,23,24,32)/t11?,15?,18-,22?/m1/s1. The minimum Gasteiger partial charge on any atom is -0.481 e. The number of carboxylic acid groups (broad SMARTS) is 2. The maximum absolute atomic E-state index is 13.3. The van der Waals surface area contributed by atoms with E-state index < -0.39 is 47.1 Å². The van der Waals surface area contributed by atoms with E-state index in [1.807, 2.05) is 12.2 Å². The molecule has 17 nitrogen and oxygen atoms in total. The van der Waals surface area contributed by atoms with E-state index in [4.69, 9.17) is 9.94 Å². The number of nitrogens with one attached hydrogen (secondary N) is 2. The molecule has 222 valence electrons. The Morgan fingerprint density at radius 3 is 2.88 bits per heavy atom. The van der Waals surface area contributed by atoms with Crippen molar-refractivity contribution in [1.29, 1.82) is 0 Å². The van der Waals surface area contributed by atoms with Crippen LogP contribution in [0.2, 0.25) is 0 Å². The summed E-state index contributed by atoms with van der Waals surface area (Å²) in [7, 11) is 0. The second-order valence-electron chi connectivity index (χ2n) is 9.40. The van der Waals surface area contributed by atoms with Crippen LogP contribution in [0.15, 0.2) is 27.8 Å². The fourth-order valence-corrected chi connectivity index (χ4v) is 7.75. The zero-order valence-corrected chi connectivity index (χ0v) is 23.9. The Morgan fingerprint density at radius 2 is 2.17 bits per heavy atom. The molecule has 0 aromatic carbocycles. The Bertz CT molecular complexity index is 1460. The van der Waals surface area contributed by atoms with E-state index in [0.29, 0.717) is 12.8 Å². The molecule has 3 amide bonds. The first-order valence-electron chi connectivity index (χ1n) is 12.3. The fraction of sp³-hybridized carbons (Fsp3) is 0.455. The van der Waals surface area contributed by atoms with Crippen LogP contribution in [-0.4, -0.2) is 112 Å². The Labute approximate surface area is 249 Å². The van der Waals surface area contributed by atoms with Gasteiger partial charge in [-0.1, -0.05) is 23.0 Å². The normalized spacial score (nSPS) is 25.0. The summed E-state index contributed by atoms with van der Waals surface area (Å²) in [5, 5.41) is 40.4. The van der Waals surface area contributed by atoms with Gasteiger partial charge in [0.25, 0.3) is 5.91 Å². The molecule has 42 heavy (non-hydrogen) atoms. The number of carbonyl (C=O) groups excluding carboxylic acids is 3. The molecule has 4 heterocycles. The number of hydrogen-bond donors (Lipinski definition) is 4. The second kappa shape index (κ2) is 12.4. The van der Waals surface area contributed by atoms with Crippen LogP contribution in [-0.2, 0) is 35.4 Å². The number of anilines is 1. The third-order valence-corrected chi connectivity index (χ3v) is 10.1. The van der Waals surface area contributed by atoms with Crippen LogP contribution in [0.4, 0.5) is 5.13 Å². The van der Waals surface area contributed by atoms with Gasteiger partial charge in [-0.25, -0.2) is 9.67 Å². The van der Waals surface area contributed by atoms with Gasteiger partial charge in [-0.3, -0.25) is 24.0 Å². The number of aromatic nitrogens is 5. The van der Waals surface area contributed by atoms with Crippen LogP contribution in [0.3, 0.4) is 0 Å². The van der Waals surface area contributed by atoms with Crippen molar-refractivity contribution in [2.45, 2.75) is 42.1 Å². The molecule has 1 aliphatic carbocycles. The number of tetrazole rings is 1. The van der Waals surface area contributed by atoms with Crippen molar-refractivity contribution in [3.8, 4) is 0 Å². The molecule has 5 rings (SSSR count). The van der Waals surface area contributed by atoms with Gasteiger partial charge in [-0.2, -0.15) is 0 Å². The molecule has 0 saturated carbocycles. The predicted octanol–water partition coefficient (Wildman–Crippen LogP) is -0.515. The van der Waals surface area contributed by atoms with E-state index in [1.165, 1.54) is 22.0 Å². The van der Waals surface area contributed by atoms with Crippen molar-refractivity contribution >= 4 is 75.9 Å². The van der Waals surface area contributed by atoms with Crippen LogP contribution < -0.4 is 10.6 Å². The molecule has 3 unspecified atom stereocenters. The minimum atomic E-state index is -1.37. The summed E-state index contributed by atoms with van der Waals surface area (Å²) in [5.41, 5.74) is -1.39. The van der Waals surface area contributed by atoms with Crippen LogP contribution in [0.1, 0.15) is 18.5 Å². The van der Waals surface area contributed by atoms with Gasteiger partial charge in [0.15, 0.2) is 10.8 Å². The van der Waals surface area contributed by atoms with E-state index in [-0.39, 0.29) is 45.8 Å². The van der Waals surface area contributed by atoms with Gasteiger partial charge >= 0.3 is 11.9 Å². The molecule has 2 aromatic heterocycles. The van der Waals surface area contributed by atoms with Gasteiger partial charge in [0.2, 0.25) is 17.5 Å². The van der Waals surface area contributed by atoms with Crippen molar-refractivity contribution in [2.75, 3.05) is 23.4 Å². The van der Waals surface area contributed by atoms with Gasteiger partial charge in [0, 0.05) is 23.4 Å². The van der Waals surface area contributed by atoms with Crippen LogP contribution in [0.5, 0.6) is 0 Å². The summed E-state index contributed by atoms with van der Waals surface area (Å²) in [6, 6.07) is -0.937. The third kappa shape index (κ3) is 6.09. The lowest BCUT2D eigenvalue weighted by atomic mass is 9.89. The summed E-state index contributed by atoms with van der Waals surface area (Å²) >= 11 is 3.28. The lowest BCUT2D eigenvalue weighted by Gasteiger charge is -2.53. The van der Waals surface area contributed by atoms with Gasteiger partial charge in [0.05, 0.1) is 0 Å². The van der Waals surface area contributed by atoms with E-state index >= 15 is 0 Å². The predicted molar refractivity (Wildman–Crippen MR) is 148 cm³/mol. The number of aliphatic carboxylic acids is 2. The molecule has 20 heteroatoms. The summed E-state index contributed by atoms with van der Waals surface area (Å²) in [6.07, 6.45) is 5.40. The number of fused-ring (bicyclic) bond motifs is 1.